The number of guanidine groups is 1. The van der Waals surface area contributed by atoms with E-state index in [0.29, 0.717) is 18.9 Å². The molecule has 29 heavy (non-hydrogen) atoms. The van der Waals surface area contributed by atoms with E-state index in [4.69, 9.17) is 0 Å². The molecule has 0 bridgehead atoms. The van der Waals surface area contributed by atoms with Crippen molar-refractivity contribution >= 4 is 41.8 Å². The van der Waals surface area contributed by atoms with Crippen molar-refractivity contribution in [2.45, 2.75) is 84.2 Å². The van der Waals surface area contributed by atoms with Crippen molar-refractivity contribution in [3.63, 3.8) is 0 Å². The average molecular weight is 521 g/mol. The van der Waals surface area contributed by atoms with Crippen molar-refractivity contribution in [1.82, 2.24) is 20.9 Å². The summed E-state index contributed by atoms with van der Waals surface area (Å²) in [5.74, 6) is 1.35. The van der Waals surface area contributed by atoms with Crippen LogP contribution in [0.5, 0.6) is 0 Å². The molecule has 2 amide bonds. The summed E-state index contributed by atoms with van der Waals surface area (Å²) in [5, 5.41) is 9.65. The van der Waals surface area contributed by atoms with Gasteiger partial charge >= 0.3 is 0 Å². The Morgan fingerprint density at radius 1 is 1.14 bits per heavy atom. The number of carbonyl (C=O) groups is 2. The molecule has 0 aromatic rings. The number of hydrogen-bond donors (Lipinski definition) is 3. The van der Waals surface area contributed by atoms with Crippen molar-refractivity contribution in [3.8, 4) is 0 Å². The van der Waals surface area contributed by atoms with Gasteiger partial charge in [0.05, 0.1) is 6.54 Å². The monoisotopic (exact) mass is 521 g/mol. The van der Waals surface area contributed by atoms with Gasteiger partial charge in [-0.05, 0) is 39.5 Å². The smallest absolute Gasteiger partial charge is 0.225 e. The molecule has 2 unspecified atom stereocenters. The van der Waals surface area contributed by atoms with Gasteiger partial charge in [-0.3, -0.25) is 14.6 Å². The second kappa shape index (κ2) is 14.0. The molecule has 2 aliphatic rings. The third-order valence-electron chi connectivity index (χ3n) is 5.77. The zero-order valence-electron chi connectivity index (χ0n) is 18.3. The number of hydrogen-bond acceptors (Lipinski definition) is 3. The number of aliphatic imine (C=N–C) groups is 1. The first-order chi connectivity index (χ1) is 13.5. The molecule has 0 aromatic carbocycles. The van der Waals surface area contributed by atoms with Crippen LogP contribution in [0.3, 0.4) is 0 Å². The molecular weight excluding hydrogens is 481 g/mol. The van der Waals surface area contributed by atoms with Crippen LogP contribution in [0.15, 0.2) is 4.99 Å². The van der Waals surface area contributed by atoms with Crippen LogP contribution in [-0.2, 0) is 9.59 Å². The third kappa shape index (κ3) is 9.09. The Labute approximate surface area is 193 Å². The van der Waals surface area contributed by atoms with Crippen LogP contribution in [0.2, 0.25) is 0 Å². The van der Waals surface area contributed by atoms with Gasteiger partial charge in [-0.15, -0.1) is 24.0 Å². The molecule has 1 aliphatic carbocycles. The number of nitrogens with zero attached hydrogens (tertiary/aromatic N) is 2. The van der Waals surface area contributed by atoms with Gasteiger partial charge in [-0.1, -0.05) is 26.2 Å². The molecule has 0 aromatic heterocycles. The summed E-state index contributed by atoms with van der Waals surface area (Å²) in [6.07, 6.45) is 8.01. The number of carbonyl (C=O) groups excluding carboxylic acids is 2. The zero-order valence-corrected chi connectivity index (χ0v) is 20.7. The molecule has 1 aliphatic heterocycles. The lowest BCUT2D eigenvalue weighted by Gasteiger charge is -2.26. The van der Waals surface area contributed by atoms with Gasteiger partial charge in [0.1, 0.15) is 0 Å². The first-order valence-corrected chi connectivity index (χ1v) is 11.2. The van der Waals surface area contributed by atoms with Crippen LogP contribution >= 0.6 is 24.0 Å². The molecule has 168 valence electrons. The molecule has 0 spiro atoms. The Kier molecular flexibility index (Phi) is 12.6. The highest BCUT2D eigenvalue weighted by atomic mass is 127. The third-order valence-corrected chi connectivity index (χ3v) is 5.77. The summed E-state index contributed by atoms with van der Waals surface area (Å²) in [7, 11) is 0. The van der Waals surface area contributed by atoms with Gasteiger partial charge in [0, 0.05) is 44.1 Å². The van der Waals surface area contributed by atoms with E-state index in [0.717, 1.165) is 51.3 Å². The van der Waals surface area contributed by atoms with Crippen LogP contribution in [0.25, 0.3) is 0 Å². The van der Waals surface area contributed by atoms with Gasteiger partial charge in [0.15, 0.2) is 5.96 Å². The largest absolute Gasteiger partial charge is 0.357 e. The first-order valence-electron chi connectivity index (χ1n) is 11.2. The average Bonchev–Trinajstić information content (AvgIpc) is 3.16. The maximum Gasteiger partial charge on any atom is 0.225 e. The number of likely N-dealkylation sites (tertiary alicyclic amines) is 1. The maximum absolute atomic E-state index is 12.7. The van der Waals surface area contributed by atoms with E-state index in [2.05, 4.69) is 27.9 Å². The normalized spacial score (nSPS) is 21.3. The highest BCUT2D eigenvalue weighted by Crippen LogP contribution is 2.26. The Balaban J connectivity index is 0.00000420. The molecule has 3 N–H and O–H groups in total. The minimum absolute atomic E-state index is 0. The zero-order chi connectivity index (χ0) is 20.4. The summed E-state index contributed by atoms with van der Waals surface area (Å²) in [6, 6.07) is 0.424. The lowest BCUT2D eigenvalue weighted by atomic mass is 9.88. The predicted molar refractivity (Wildman–Crippen MR) is 129 cm³/mol. The molecule has 7 nitrogen and oxygen atoms in total. The van der Waals surface area contributed by atoms with E-state index >= 15 is 0 Å². The number of halogens is 1. The molecule has 2 fully saturated rings. The molecule has 0 radical (unpaired) electrons. The van der Waals surface area contributed by atoms with Crippen molar-refractivity contribution in [2.75, 3.05) is 26.2 Å². The van der Waals surface area contributed by atoms with E-state index < -0.39 is 0 Å². The van der Waals surface area contributed by atoms with Crippen molar-refractivity contribution in [3.05, 3.63) is 0 Å². The van der Waals surface area contributed by atoms with Gasteiger partial charge < -0.3 is 20.9 Å². The maximum atomic E-state index is 12.7. The van der Waals surface area contributed by atoms with Crippen molar-refractivity contribution in [2.24, 2.45) is 10.9 Å². The standard InChI is InChI=1S/C21H39N5O2.HI/c1-4-16(3)24-19(27)11-13-23-21(22-5-2)25-18-12-14-26(15-18)20(28)17-9-7-6-8-10-17;/h16-18H,4-15H2,1-3H3,(H,24,27)(H2,22,23,25);1H. The second-order valence-corrected chi connectivity index (χ2v) is 8.14. The molecule has 2 atom stereocenters. The fourth-order valence-corrected chi connectivity index (χ4v) is 3.92. The number of rotatable bonds is 8. The molecular formula is C21H40IN5O2. The SMILES string of the molecule is CCNC(=NCCC(=O)NC(C)CC)NC1CCN(C(=O)C2CCCCC2)C1.I. The molecule has 1 saturated heterocycles. The fraction of sp³-hybridized carbons (Fsp3) is 0.857. The van der Waals surface area contributed by atoms with E-state index in [1.165, 1.54) is 19.3 Å². The summed E-state index contributed by atoms with van der Waals surface area (Å²) in [4.78, 5) is 31.2. The summed E-state index contributed by atoms with van der Waals surface area (Å²) >= 11 is 0. The van der Waals surface area contributed by atoms with Gasteiger partial charge in [0.2, 0.25) is 11.8 Å². The summed E-state index contributed by atoms with van der Waals surface area (Å²) in [5.41, 5.74) is 0. The molecule has 8 heteroatoms. The van der Waals surface area contributed by atoms with Crippen LogP contribution in [0, 0.1) is 5.92 Å². The summed E-state index contributed by atoms with van der Waals surface area (Å²) in [6.45, 7) is 8.88. The minimum atomic E-state index is 0. The van der Waals surface area contributed by atoms with Gasteiger partial charge in [-0.2, -0.15) is 0 Å². The molecule has 1 heterocycles. The van der Waals surface area contributed by atoms with Crippen LogP contribution in [0.4, 0.5) is 0 Å². The highest BCUT2D eigenvalue weighted by Gasteiger charge is 2.31. The predicted octanol–water partition coefficient (Wildman–Crippen LogP) is 2.65. The lowest BCUT2D eigenvalue weighted by molar-refractivity contribution is -0.135. The lowest BCUT2D eigenvalue weighted by Crippen LogP contribution is -2.45. The van der Waals surface area contributed by atoms with Crippen molar-refractivity contribution < 1.29 is 9.59 Å². The fourth-order valence-electron chi connectivity index (χ4n) is 3.92. The molecule has 1 saturated carbocycles. The molecule has 2 rings (SSSR count). The Hall–Kier alpha value is -1.06. The topological polar surface area (TPSA) is 85.8 Å². The number of amides is 2. The van der Waals surface area contributed by atoms with Crippen LogP contribution < -0.4 is 16.0 Å². The van der Waals surface area contributed by atoms with Gasteiger partial charge in [0.25, 0.3) is 0 Å². The quantitative estimate of drug-likeness (QED) is 0.261. The van der Waals surface area contributed by atoms with E-state index in [9.17, 15) is 9.59 Å². The van der Waals surface area contributed by atoms with E-state index in [1.807, 2.05) is 18.7 Å². The Morgan fingerprint density at radius 3 is 2.52 bits per heavy atom. The van der Waals surface area contributed by atoms with Crippen LogP contribution in [0.1, 0.15) is 72.1 Å². The van der Waals surface area contributed by atoms with E-state index in [-0.39, 0.29) is 47.9 Å². The Bertz CT molecular complexity index is 537. The van der Waals surface area contributed by atoms with E-state index in [1.54, 1.807) is 0 Å². The number of nitrogens with one attached hydrogen (secondary N) is 3. The van der Waals surface area contributed by atoms with Gasteiger partial charge in [-0.25, -0.2) is 0 Å². The highest BCUT2D eigenvalue weighted by molar-refractivity contribution is 14.0. The second-order valence-electron chi connectivity index (χ2n) is 8.14. The van der Waals surface area contributed by atoms with Crippen molar-refractivity contribution in [1.29, 1.82) is 0 Å². The van der Waals surface area contributed by atoms with Crippen LogP contribution in [-0.4, -0.2) is 60.9 Å². The first kappa shape index (κ1) is 26.0. The Morgan fingerprint density at radius 2 is 1.86 bits per heavy atom. The minimum Gasteiger partial charge on any atom is -0.357 e. The summed E-state index contributed by atoms with van der Waals surface area (Å²) < 4.78 is 0.